The van der Waals surface area contributed by atoms with E-state index in [9.17, 15) is 19.1 Å². The number of halogens is 2. The quantitative estimate of drug-likeness (QED) is 0.308. The fourth-order valence-electron chi connectivity index (χ4n) is 3.79. The Labute approximate surface area is 187 Å². The number of nitrogens with zero attached hydrogens (tertiary/aromatic N) is 1. The molecule has 1 aliphatic heterocycles. The maximum absolute atomic E-state index is 14.8. The van der Waals surface area contributed by atoms with Gasteiger partial charge in [-0.3, -0.25) is 9.59 Å². The van der Waals surface area contributed by atoms with Crippen LogP contribution in [-0.4, -0.2) is 28.2 Å². The second kappa shape index (κ2) is 8.86. The van der Waals surface area contributed by atoms with Crippen molar-refractivity contribution in [2.24, 2.45) is 0 Å². The van der Waals surface area contributed by atoms with E-state index < -0.39 is 23.5 Å². The van der Waals surface area contributed by atoms with Gasteiger partial charge < -0.3 is 10.0 Å². The van der Waals surface area contributed by atoms with Gasteiger partial charge in [0.2, 0.25) is 0 Å². The van der Waals surface area contributed by atoms with E-state index in [0.29, 0.717) is 12.0 Å². The van der Waals surface area contributed by atoms with Crippen LogP contribution in [0, 0.1) is 5.82 Å². The highest BCUT2D eigenvalue weighted by atomic mass is 79.9. The Morgan fingerprint density at radius 2 is 1.58 bits per heavy atom. The van der Waals surface area contributed by atoms with E-state index in [1.165, 1.54) is 17.0 Å². The van der Waals surface area contributed by atoms with E-state index in [1.807, 2.05) is 30.3 Å². The van der Waals surface area contributed by atoms with Gasteiger partial charge in [-0.1, -0.05) is 76.6 Å². The van der Waals surface area contributed by atoms with Crippen molar-refractivity contribution >= 4 is 33.4 Å². The Kier molecular flexibility index (Phi) is 6.00. The van der Waals surface area contributed by atoms with Crippen LogP contribution in [0.5, 0.6) is 0 Å². The highest BCUT2D eigenvalue weighted by molar-refractivity contribution is 9.10. The zero-order valence-corrected chi connectivity index (χ0v) is 18.0. The minimum Gasteiger partial charge on any atom is -0.507 e. The number of Topliss-reactive ketones (excluding diaryl/α,β-unsaturated/α-hetero) is 1. The molecule has 1 heterocycles. The average molecular weight is 480 g/mol. The standard InChI is InChI=1S/C25H19BrFNO3/c26-18-12-10-17(11-13-18)23(29)21-22(19-8-4-5-9-20(19)27)28(25(31)24(21)30)15-14-16-6-2-1-3-7-16/h1-13,22,29H,14-15H2/t22-/m1/s1. The summed E-state index contributed by atoms with van der Waals surface area (Å²) in [6.45, 7) is 0.213. The number of benzene rings is 3. The third kappa shape index (κ3) is 4.16. The molecule has 1 saturated heterocycles. The molecular weight excluding hydrogens is 461 g/mol. The highest BCUT2D eigenvalue weighted by Crippen LogP contribution is 2.40. The van der Waals surface area contributed by atoms with Crippen LogP contribution in [0.3, 0.4) is 0 Å². The van der Waals surface area contributed by atoms with Gasteiger partial charge >= 0.3 is 0 Å². The minimum absolute atomic E-state index is 0.106. The molecule has 1 aliphatic rings. The number of aliphatic hydroxyl groups excluding tert-OH is 1. The van der Waals surface area contributed by atoms with E-state index in [1.54, 1.807) is 36.4 Å². The van der Waals surface area contributed by atoms with Gasteiger partial charge in [0.25, 0.3) is 11.7 Å². The molecule has 1 atom stereocenters. The summed E-state index contributed by atoms with van der Waals surface area (Å²) < 4.78 is 15.6. The first kappa shape index (κ1) is 21.0. The summed E-state index contributed by atoms with van der Waals surface area (Å²) in [7, 11) is 0. The Bertz CT molecular complexity index is 1160. The molecule has 1 N–H and O–H groups in total. The minimum atomic E-state index is -1.01. The van der Waals surface area contributed by atoms with Crippen LogP contribution in [0.2, 0.25) is 0 Å². The Morgan fingerprint density at radius 3 is 2.26 bits per heavy atom. The van der Waals surface area contributed by atoms with E-state index in [0.717, 1.165) is 10.0 Å². The lowest BCUT2D eigenvalue weighted by Gasteiger charge is -2.25. The van der Waals surface area contributed by atoms with E-state index in [4.69, 9.17) is 0 Å². The van der Waals surface area contributed by atoms with Gasteiger partial charge in [0.05, 0.1) is 11.6 Å². The van der Waals surface area contributed by atoms with E-state index in [-0.39, 0.29) is 23.4 Å². The molecule has 0 saturated carbocycles. The van der Waals surface area contributed by atoms with Crippen LogP contribution in [0.15, 0.2) is 88.9 Å². The fraction of sp³-hybridized carbons (Fsp3) is 0.120. The summed E-state index contributed by atoms with van der Waals surface area (Å²) in [5, 5.41) is 11.0. The fourth-order valence-corrected chi connectivity index (χ4v) is 4.05. The number of carbonyl (C=O) groups excluding carboxylic acids is 2. The molecule has 6 heteroatoms. The van der Waals surface area contributed by atoms with Crippen molar-refractivity contribution < 1.29 is 19.1 Å². The summed E-state index contributed by atoms with van der Waals surface area (Å²) in [6.07, 6.45) is 0.497. The van der Waals surface area contributed by atoms with Crippen molar-refractivity contribution in [1.29, 1.82) is 0 Å². The molecule has 4 nitrogen and oxygen atoms in total. The van der Waals surface area contributed by atoms with Crippen molar-refractivity contribution in [3.05, 3.63) is 111 Å². The molecular formula is C25H19BrFNO3. The zero-order valence-electron chi connectivity index (χ0n) is 16.5. The van der Waals surface area contributed by atoms with Crippen molar-refractivity contribution in [3.8, 4) is 0 Å². The van der Waals surface area contributed by atoms with E-state index >= 15 is 0 Å². The molecule has 4 rings (SSSR count). The second-order valence-electron chi connectivity index (χ2n) is 7.26. The van der Waals surface area contributed by atoms with E-state index in [2.05, 4.69) is 15.9 Å². The van der Waals surface area contributed by atoms with Gasteiger partial charge in [0.1, 0.15) is 11.6 Å². The summed E-state index contributed by atoms with van der Waals surface area (Å²) in [4.78, 5) is 27.2. The molecule has 1 amide bonds. The third-order valence-electron chi connectivity index (χ3n) is 5.34. The molecule has 0 aromatic heterocycles. The number of aliphatic hydroxyl groups is 1. The van der Waals surface area contributed by atoms with Crippen molar-refractivity contribution in [3.63, 3.8) is 0 Å². The molecule has 0 spiro atoms. The van der Waals surface area contributed by atoms with Crippen molar-refractivity contribution in [2.75, 3.05) is 6.54 Å². The van der Waals surface area contributed by atoms with Gasteiger partial charge in [-0.2, -0.15) is 0 Å². The Morgan fingerprint density at radius 1 is 0.935 bits per heavy atom. The predicted octanol–water partition coefficient (Wildman–Crippen LogP) is 5.25. The molecule has 0 bridgehead atoms. The van der Waals surface area contributed by atoms with Crippen LogP contribution in [0.4, 0.5) is 4.39 Å². The molecule has 156 valence electrons. The van der Waals surface area contributed by atoms with Gasteiger partial charge in [-0.15, -0.1) is 0 Å². The number of amides is 1. The van der Waals surface area contributed by atoms with Crippen LogP contribution in [0.25, 0.3) is 5.76 Å². The number of hydrogen-bond donors (Lipinski definition) is 1. The zero-order chi connectivity index (χ0) is 22.0. The van der Waals surface area contributed by atoms with Crippen LogP contribution in [-0.2, 0) is 16.0 Å². The molecule has 1 fully saturated rings. The van der Waals surface area contributed by atoms with Crippen molar-refractivity contribution in [1.82, 2.24) is 4.90 Å². The number of ketones is 1. The van der Waals surface area contributed by atoms with Crippen LogP contribution in [0.1, 0.15) is 22.7 Å². The topological polar surface area (TPSA) is 57.6 Å². The van der Waals surface area contributed by atoms with Gasteiger partial charge in [-0.25, -0.2) is 4.39 Å². The molecule has 0 radical (unpaired) electrons. The Hall–Kier alpha value is -3.25. The third-order valence-corrected chi connectivity index (χ3v) is 5.87. The van der Waals surface area contributed by atoms with Crippen LogP contribution >= 0.6 is 15.9 Å². The number of rotatable bonds is 5. The average Bonchev–Trinajstić information content (AvgIpc) is 3.03. The summed E-state index contributed by atoms with van der Waals surface area (Å²) in [6, 6.07) is 21.3. The maximum Gasteiger partial charge on any atom is 0.295 e. The molecule has 0 aliphatic carbocycles. The lowest BCUT2D eigenvalue weighted by Crippen LogP contribution is -2.32. The largest absolute Gasteiger partial charge is 0.507 e. The van der Waals surface area contributed by atoms with Gasteiger partial charge in [0.15, 0.2) is 0 Å². The predicted molar refractivity (Wildman–Crippen MR) is 120 cm³/mol. The lowest BCUT2D eigenvalue weighted by atomic mass is 9.95. The van der Waals surface area contributed by atoms with Gasteiger partial charge in [-0.05, 0) is 30.2 Å². The molecule has 31 heavy (non-hydrogen) atoms. The smallest absolute Gasteiger partial charge is 0.295 e. The number of hydrogen-bond acceptors (Lipinski definition) is 3. The summed E-state index contributed by atoms with van der Waals surface area (Å²) in [5.74, 6) is -2.42. The lowest BCUT2D eigenvalue weighted by molar-refractivity contribution is -0.139. The summed E-state index contributed by atoms with van der Waals surface area (Å²) >= 11 is 3.33. The van der Waals surface area contributed by atoms with Crippen molar-refractivity contribution in [2.45, 2.75) is 12.5 Å². The molecule has 3 aromatic carbocycles. The Balaban J connectivity index is 1.80. The normalized spacial score (nSPS) is 17.9. The molecule has 3 aromatic rings. The first-order valence-corrected chi connectivity index (χ1v) is 10.6. The van der Waals surface area contributed by atoms with Crippen LogP contribution < -0.4 is 0 Å². The first-order valence-electron chi connectivity index (χ1n) is 9.80. The summed E-state index contributed by atoms with van der Waals surface area (Å²) in [5.41, 5.74) is 1.44. The second-order valence-corrected chi connectivity index (χ2v) is 8.17. The molecule has 0 unspecified atom stereocenters. The maximum atomic E-state index is 14.8. The monoisotopic (exact) mass is 479 g/mol. The first-order chi connectivity index (χ1) is 15.0. The highest BCUT2D eigenvalue weighted by Gasteiger charge is 2.46. The van der Waals surface area contributed by atoms with Gasteiger partial charge in [0, 0.05) is 22.1 Å². The number of carbonyl (C=O) groups is 2. The number of likely N-dealkylation sites (tertiary alicyclic amines) is 1. The SMILES string of the molecule is O=C1C(=O)N(CCc2ccccc2)[C@H](c2ccccc2F)C1=C(O)c1ccc(Br)cc1.